The molecule has 2 amide bonds. The molecule has 3 aromatic rings. The quantitative estimate of drug-likeness (QED) is 0.541. The number of hydrogen-bond acceptors (Lipinski definition) is 5. The maximum Gasteiger partial charge on any atom is 0.268 e. The van der Waals surface area contributed by atoms with E-state index in [1.54, 1.807) is 24.0 Å². The second-order valence-electron chi connectivity index (χ2n) is 8.44. The van der Waals surface area contributed by atoms with Gasteiger partial charge in [0, 0.05) is 23.4 Å². The maximum absolute atomic E-state index is 14.2. The number of thioether (sulfide) groups is 1. The third-order valence-electron chi connectivity index (χ3n) is 6.42. The second-order valence-corrected chi connectivity index (χ2v) is 9.73. The zero-order chi connectivity index (χ0) is 23.9. The lowest BCUT2D eigenvalue weighted by Gasteiger charge is -2.33. The molecule has 1 spiro atoms. The molecule has 0 bridgehead atoms. The number of carbonyl (C=O) groups is 2. The summed E-state index contributed by atoms with van der Waals surface area (Å²) in [6.07, 6.45) is 0. The van der Waals surface area contributed by atoms with Crippen molar-refractivity contribution in [3.8, 4) is 11.5 Å². The van der Waals surface area contributed by atoms with Crippen molar-refractivity contribution in [2.75, 3.05) is 31.4 Å². The minimum Gasteiger partial charge on any atom is -0.497 e. The molecule has 1 unspecified atom stereocenters. The van der Waals surface area contributed by atoms with E-state index in [0.29, 0.717) is 30.2 Å². The van der Waals surface area contributed by atoms with Gasteiger partial charge in [0.25, 0.3) is 11.8 Å². The molecule has 6 nitrogen and oxygen atoms in total. The Labute approximate surface area is 203 Å². The molecule has 7 heteroatoms. The van der Waals surface area contributed by atoms with E-state index in [1.165, 1.54) is 11.8 Å². The first-order valence-electron chi connectivity index (χ1n) is 11.1. The van der Waals surface area contributed by atoms with Crippen LogP contribution in [-0.4, -0.2) is 43.2 Å². The van der Waals surface area contributed by atoms with E-state index < -0.39 is 4.87 Å². The lowest BCUT2D eigenvalue weighted by atomic mass is 10.0. The predicted octanol–water partition coefficient (Wildman–Crippen LogP) is 4.60. The molecular formula is C27H26N2O4S. The lowest BCUT2D eigenvalue weighted by molar-refractivity contribution is -0.123. The first kappa shape index (κ1) is 22.3. The fourth-order valence-corrected chi connectivity index (χ4v) is 6.14. The van der Waals surface area contributed by atoms with E-state index >= 15 is 0 Å². The van der Waals surface area contributed by atoms with Crippen LogP contribution in [-0.2, 0) is 16.2 Å². The van der Waals surface area contributed by atoms with Crippen LogP contribution in [0.1, 0.15) is 27.0 Å². The molecule has 1 saturated heterocycles. The standard InChI is InChI=1S/C27H26N2O4S/c1-18-7-9-20(10-8-18)25(30)29-13-14-34-27(29)23-16-22(33-3)11-12-24(23)28(26(27)31)17-19-5-4-6-21(15-19)32-2/h4-12,15-16H,13-14,17H2,1-3H3. The highest BCUT2D eigenvalue weighted by Crippen LogP contribution is 2.55. The third kappa shape index (κ3) is 3.51. The van der Waals surface area contributed by atoms with Gasteiger partial charge in [-0.25, -0.2) is 0 Å². The topological polar surface area (TPSA) is 59.1 Å². The fourth-order valence-electron chi connectivity index (χ4n) is 4.68. The molecule has 0 saturated carbocycles. The Bertz CT molecular complexity index is 1260. The van der Waals surface area contributed by atoms with Gasteiger partial charge in [0.05, 0.1) is 26.5 Å². The molecule has 34 heavy (non-hydrogen) atoms. The van der Waals surface area contributed by atoms with Crippen molar-refractivity contribution in [1.82, 2.24) is 4.90 Å². The van der Waals surface area contributed by atoms with E-state index in [0.717, 1.165) is 28.1 Å². The van der Waals surface area contributed by atoms with Crippen molar-refractivity contribution in [1.29, 1.82) is 0 Å². The highest BCUT2D eigenvalue weighted by molar-refractivity contribution is 8.01. The largest absolute Gasteiger partial charge is 0.497 e. The summed E-state index contributed by atoms with van der Waals surface area (Å²) in [4.78, 5) is 30.2. The molecule has 5 rings (SSSR count). The minimum absolute atomic E-state index is 0.110. The summed E-state index contributed by atoms with van der Waals surface area (Å²) in [5.41, 5.74) is 4.20. The van der Waals surface area contributed by atoms with Crippen LogP contribution >= 0.6 is 11.8 Å². The Morgan fingerprint density at radius 1 is 1.00 bits per heavy atom. The molecule has 174 valence electrons. The molecule has 1 fully saturated rings. The Morgan fingerprint density at radius 3 is 2.47 bits per heavy atom. The van der Waals surface area contributed by atoms with Crippen molar-refractivity contribution in [3.05, 3.63) is 89.0 Å². The number of methoxy groups -OCH3 is 2. The Balaban J connectivity index is 1.59. The summed E-state index contributed by atoms with van der Waals surface area (Å²) in [7, 11) is 3.23. The van der Waals surface area contributed by atoms with Gasteiger partial charge >= 0.3 is 0 Å². The van der Waals surface area contributed by atoms with Crippen LogP contribution in [0.4, 0.5) is 5.69 Å². The van der Waals surface area contributed by atoms with E-state index in [9.17, 15) is 9.59 Å². The van der Waals surface area contributed by atoms with E-state index in [4.69, 9.17) is 9.47 Å². The number of benzene rings is 3. The third-order valence-corrected chi connectivity index (χ3v) is 7.84. The highest BCUT2D eigenvalue weighted by atomic mass is 32.2. The molecule has 0 aliphatic carbocycles. The Kier molecular flexibility index (Phi) is 5.73. The predicted molar refractivity (Wildman–Crippen MR) is 134 cm³/mol. The average Bonchev–Trinajstić information content (AvgIpc) is 3.41. The molecule has 0 N–H and O–H groups in total. The van der Waals surface area contributed by atoms with Crippen LogP contribution < -0.4 is 14.4 Å². The lowest BCUT2D eigenvalue weighted by Crippen LogP contribution is -2.50. The van der Waals surface area contributed by atoms with Gasteiger partial charge in [-0.1, -0.05) is 29.8 Å². The average molecular weight is 475 g/mol. The fraction of sp³-hybridized carbons (Fsp3) is 0.259. The second kappa shape index (κ2) is 8.72. The van der Waals surface area contributed by atoms with Crippen LogP contribution in [0.3, 0.4) is 0 Å². The smallest absolute Gasteiger partial charge is 0.268 e. The molecule has 0 radical (unpaired) electrons. The number of amides is 2. The van der Waals surface area contributed by atoms with Crippen molar-refractivity contribution in [3.63, 3.8) is 0 Å². The molecule has 2 aliphatic heterocycles. The van der Waals surface area contributed by atoms with E-state index in [-0.39, 0.29) is 11.8 Å². The van der Waals surface area contributed by atoms with Crippen molar-refractivity contribution < 1.29 is 19.1 Å². The number of nitrogens with zero attached hydrogens (tertiary/aromatic N) is 2. The minimum atomic E-state index is -1.12. The Hall–Kier alpha value is -3.45. The number of rotatable bonds is 5. The van der Waals surface area contributed by atoms with Crippen LogP contribution in [0.5, 0.6) is 11.5 Å². The SMILES string of the molecule is COc1cccc(CN2C(=O)C3(SCCN3C(=O)c3ccc(C)cc3)c3cc(OC)ccc32)c1. The normalized spacial score (nSPS) is 19.0. The van der Waals surface area contributed by atoms with Gasteiger partial charge in [-0.2, -0.15) is 0 Å². The zero-order valence-electron chi connectivity index (χ0n) is 19.4. The summed E-state index contributed by atoms with van der Waals surface area (Å²) in [5, 5.41) is 0. The van der Waals surface area contributed by atoms with Crippen LogP contribution in [0.25, 0.3) is 0 Å². The monoisotopic (exact) mass is 474 g/mol. The molecule has 1 atom stereocenters. The first-order chi connectivity index (χ1) is 16.5. The van der Waals surface area contributed by atoms with Crippen LogP contribution in [0, 0.1) is 6.92 Å². The van der Waals surface area contributed by atoms with Gasteiger partial charge in [-0.15, -0.1) is 11.8 Å². The molecule has 2 heterocycles. The van der Waals surface area contributed by atoms with Crippen molar-refractivity contribution in [2.24, 2.45) is 0 Å². The summed E-state index contributed by atoms with van der Waals surface area (Å²) in [6, 6.07) is 20.9. The van der Waals surface area contributed by atoms with Gasteiger partial charge in [0.1, 0.15) is 11.5 Å². The number of anilines is 1. The first-order valence-corrected chi connectivity index (χ1v) is 12.1. The van der Waals surface area contributed by atoms with Crippen molar-refractivity contribution >= 4 is 29.3 Å². The number of hydrogen-bond donors (Lipinski definition) is 0. The number of carbonyl (C=O) groups excluding carboxylic acids is 2. The van der Waals surface area contributed by atoms with Gasteiger partial charge in [-0.05, 0) is 55.0 Å². The molecular weight excluding hydrogens is 448 g/mol. The number of ether oxygens (including phenoxy) is 2. The van der Waals surface area contributed by atoms with Gasteiger partial charge in [0.2, 0.25) is 0 Å². The maximum atomic E-state index is 14.2. The summed E-state index contributed by atoms with van der Waals surface area (Å²) < 4.78 is 10.9. The van der Waals surface area contributed by atoms with Crippen molar-refractivity contribution in [2.45, 2.75) is 18.3 Å². The van der Waals surface area contributed by atoms with Gasteiger partial charge < -0.3 is 19.3 Å². The Morgan fingerprint density at radius 2 is 1.74 bits per heavy atom. The van der Waals surface area contributed by atoms with Crippen LogP contribution in [0.2, 0.25) is 0 Å². The van der Waals surface area contributed by atoms with E-state index in [1.807, 2.05) is 73.7 Å². The molecule has 0 aromatic heterocycles. The number of fused-ring (bicyclic) bond motifs is 2. The van der Waals surface area contributed by atoms with E-state index in [2.05, 4.69) is 0 Å². The highest BCUT2D eigenvalue weighted by Gasteiger charge is 2.59. The molecule has 3 aromatic carbocycles. The van der Waals surface area contributed by atoms with Crippen LogP contribution in [0.15, 0.2) is 66.7 Å². The zero-order valence-corrected chi connectivity index (χ0v) is 20.2. The number of aryl methyl sites for hydroxylation is 1. The summed E-state index contributed by atoms with van der Waals surface area (Å²) in [5.74, 6) is 1.81. The molecule has 2 aliphatic rings. The van der Waals surface area contributed by atoms with Gasteiger partial charge in [-0.3, -0.25) is 9.59 Å². The summed E-state index contributed by atoms with van der Waals surface area (Å²) >= 11 is 1.51. The van der Waals surface area contributed by atoms with Gasteiger partial charge in [0.15, 0.2) is 4.87 Å². The summed E-state index contributed by atoms with van der Waals surface area (Å²) in [6.45, 7) is 2.86.